The number of carbonyl (C=O) groups excluding carboxylic acids is 3. The molecule has 0 bridgehead atoms. The number of halogens is 1. The number of aliphatic carboxylic acids is 1. The number of carboxylic acids is 1. The summed E-state index contributed by atoms with van der Waals surface area (Å²) < 4.78 is 0. The van der Waals surface area contributed by atoms with Crippen molar-refractivity contribution in [2.75, 3.05) is 6.54 Å². The molecule has 0 heterocycles. The first-order valence-corrected chi connectivity index (χ1v) is 13.3. The summed E-state index contributed by atoms with van der Waals surface area (Å²) in [4.78, 5) is 50.4. The van der Waals surface area contributed by atoms with Crippen molar-refractivity contribution in [2.24, 2.45) is 5.92 Å². The maximum atomic E-state index is 12.5. The molecule has 4 rings (SSSR count). The maximum absolute atomic E-state index is 12.5. The van der Waals surface area contributed by atoms with Crippen LogP contribution in [-0.2, 0) is 27.3 Å². The summed E-state index contributed by atoms with van der Waals surface area (Å²) in [5.41, 5.74) is 3.83. The first kappa shape index (κ1) is 28.0. The maximum Gasteiger partial charge on any atom is 0.326 e. The van der Waals surface area contributed by atoms with E-state index in [-0.39, 0.29) is 41.2 Å². The lowest BCUT2D eigenvalue weighted by molar-refractivity contribution is -0.139. The standard InChI is InChI=1S/C31H31ClN2O5/c1-20(35)34(19-29(36)25-5-4-6-25)18-22-11-15-24(16-12-22)23-13-9-21(10-14-23)17-28(31(38)39)33-30(37)26-7-2-3-8-27(26)32/h2-3,7-16,25,28H,4-6,17-19H2,1H3,(H,33,37)(H,38,39). The predicted molar refractivity (Wildman–Crippen MR) is 149 cm³/mol. The van der Waals surface area contributed by atoms with E-state index in [0.29, 0.717) is 6.54 Å². The third-order valence-electron chi connectivity index (χ3n) is 7.13. The van der Waals surface area contributed by atoms with E-state index in [0.717, 1.165) is 41.5 Å². The number of ketones is 1. The van der Waals surface area contributed by atoms with E-state index >= 15 is 0 Å². The average Bonchev–Trinajstić information content (AvgIpc) is 2.88. The van der Waals surface area contributed by atoms with Gasteiger partial charge in [0.1, 0.15) is 6.04 Å². The Morgan fingerprint density at radius 3 is 2.03 bits per heavy atom. The van der Waals surface area contributed by atoms with Crippen molar-refractivity contribution in [3.05, 3.63) is 94.5 Å². The molecule has 3 aromatic rings. The van der Waals surface area contributed by atoms with Crippen molar-refractivity contribution in [3.8, 4) is 11.1 Å². The van der Waals surface area contributed by atoms with Crippen LogP contribution < -0.4 is 5.32 Å². The summed E-state index contributed by atoms with van der Waals surface area (Å²) in [6, 6.07) is 20.7. The fraction of sp³-hybridized carbons (Fsp3) is 0.290. The van der Waals surface area contributed by atoms with E-state index in [1.54, 1.807) is 29.2 Å². The first-order valence-electron chi connectivity index (χ1n) is 13.0. The van der Waals surface area contributed by atoms with Gasteiger partial charge in [-0.1, -0.05) is 78.7 Å². The molecule has 0 saturated heterocycles. The molecule has 0 radical (unpaired) electrons. The summed E-state index contributed by atoms with van der Waals surface area (Å²) in [5.74, 6) is -1.56. The minimum atomic E-state index is -1.14. The summed E-state index contributed by atoms with van der Waals surface area (Å²) >= 11 is 6.07. The van der Waals surface area contributed by atoms with Crippen LogP contribution in [0.25, 0.3) is 11.1 Å². The number of rotatable bonds is 11. The highest BCUT2D eigenvalue weighted by molar-refractivity contribution is 6.33. The van der Waals surface area contributed by atoms with Crippen molar-refractivity contribution in [3.63, 3.8) is 0 Å². The molecule has 7 nitrogen and oxygen atoms in total. The molecule has 202 valence electrons. The van der Waals surface area contributed by atoms with Gasteiger partial charge in [0, 0.05) is 25.8 Å². The third-order valence-corrected chi connectivity index (χ3v) is 7.46. The number of amides is 2. The van der Waals surface area contributed by atoms with Gasteiger partial charge < -0.3 is 15.3 Å². The van der Waals surface area contributed by atoms with Crippen LogP contribution in [-0.4, -0.2) is 46.2 Å². The number of nitrogens with zero attached hydrogens (tertiary/aromatic N) is 1. The molecule has 1 atom stereocenters. The van der Waals surface area contributed by atoms with Crippen molar-refractivity contribution in [2.45, 2.75) is 45.2 Å². The number of hydrogen-bond donors (Lipinski definition) is 2. The molecule has 1 fully saturated rings. The number of carbonyl (C=O) groups is 4. The Bertz CT molecular complexity index is 1350. The van der Waals surface area contributed by atoms with E-state index in [2.05, 4.69) is 5.32 Å². The summed E-state index contributed by atoms with van der Waals surface area (Å²) in [7, 11) is 0. The smallest absolute Gasteiger partial charge is 0.326 e. The molecule has 0 spiro atoms. The van der Waals surface area contributed by atoms with Crippen LogP contribution in [0.3, 0.4) is 0 Å². The normalized spacial score (nSPS) is 13.7. The lowest BCUT2D eigenvalue weighted by Gasteiger charge is -2.28. The second-order valence-electron chi connectivity index (χ2n) is 9.91. The monoisotopic (exact) mass is 546 g/mol. The Balaban J connectivity index is 1.37. The van der Waals surface area contributed by atoms with Gasteiger partial charge in [-0.3, -0.25) is 14.4 Å². The van der Waals surface area contributed by atoms with Crippen LogP contribution in [0.2, 0.25) is 5.02 Å². The molecule has 39 heavy (non-hydrogen) atoms. The highest BCUT2D eigenvalue weighted by Crippen LogP contribution is 2.28. The Morgan fingerprint density at radius 1 is 0.923 bits per heavy atom. The molecule has 1 saturated carbocycles. The molecular formula is C31H31ClN2O5. The van der Waals surface area contributed by atoms with Crippen LogP contribution in [0.5, 0.6) is 0 Å². The molecule has 1 aliphatic rings. The predicted octanol–water partition coefficient (Wildman–Crippen LogP) is 5.15. The fourth-order valence-electron chi connectivity index (χ4n) is 4.50. The van der Waals surface area contributed by atoms with Crippen LogP contribution in [0.15, 0.2) is 72.8 Å². The molecule has 2 N–H and O–H groups in total. The fourth-order valence-corrected chi connectivity index (χ4v) is 4.72. The second kappa shape index (κ2) is 12.7. The van der Waals surface area contributed by atoms with Crippen molar-refractivity contribution in [1.82, 2.24) is 10.2 Å². The van der Waals surface area contributed by atoms with Gasteiger partial charge in [-0.15, -0.1) is 0 Å². The molecule has 0 aliphatic heterocycles. The first-order chi connectivity index (χ1) is 18.7. The van der Waals surface area contributed by atoms with Crippen LogP contribution in [0, 0.1) is 5.92 Å². The van der Waals surface area contributed by atoms with Gasteiger partial charge in [0.25, 0.3) is 5.91 Å². The van der Waals surface area contributed by atoms with E-state index in [1.807, 2.05) is 48.5 Å². The number of hydrogen-bond acceptors (Lipinski definition) is 4. The van der Waals surface area contributed by atoms with Gasteiger partial charge >= 0.3 is 5.97 Å². The van der Waals surface area contributed by atoms with E-state index in [1.165, 1.54) is 6.92 Å². The van der Waals surface area contributed by atoms with E-state index < -0.39 is 17.9 Å². The molecule has 8 heteroatoms. The second-order valence-corrected chi connectivity index (χ2v) is 10.3. The molecule has 1 aliphatic carbocycles. The topological polar surface area (TPSA) is 104 Å². The molecule has 1 unspecified atom stereocenters. The van der Waals surface area contributed by atoms with Gasteiger partial charge in [0.15, 0.2) is 5.78 Å². The van der Waals surface area contributed by atoms with Gasteiger partial charge in [-0.2, -0.15) is 0 Å². The highest BCUT2D eigenvalue weighted by atomic mass is 35.5. The minimum absolute atomic E-state index is 0.0987. The molecular weight excluding hydrogens is 516 g/mol. The zero-order valence-electron chi connectivity index (χ0n) is 21.7. The molecule has 0 aromatic heterocycles. The van der Waals surface area contributed by atoms with Gasteiger partial charge in [-0.05, 0) is 47.2 Å². The van der Waals surface area contributed by atoms with Gasteiger partial charge in [-0.25, -0.2) is 4.79 Å². The third kappa shape index (κ3) is 7.33. The highest BCUT2D eigenvalue weighted by Gasteiger charge is 2.27. The molecule has 2 amide bonds. The van der Waals surface area contributed by atoms with Crippen molar-refractivity contribution in [1.29, 1.82) is 0 Å². The summed E-state index contributed by atoms with van der Waals surface area (Å²) in [5, 5.41) is 12.5. The number of carboxylic acid groups (broad SMARTS) is 1. The number of nitrogens with one attached hydrogen (secondary N) is 1. The molecule has 3 aromatic carbocycles. The van der Waals surface area contributed by atoms with Crippen molar-refractivity contribution >= 4 is 35.2 Å². The summed E-state index contributed by atoms with van der Waals surface area (Å²) in [6.07, 6.45) is 3.04. The van der Waals surface area contributed by atoms with Gasteiger partial charge in [0.2, 0.25) is 5.91 Å². The van der Waals surface area contributed by atoms with Crippen LogP contribution in [0.1, 0.15) is 47.7 Å². The number of benzene rings is 3. The average molecular weight is 547 g/mol. The zero-order chi connectivity index (χ0) is 27.9. The van der Waals surface area contributed by atoms with Crippen LogP contribution >= 0.6 is 11.6 Å². The Labute approximate surface area is 232 Å². The largest absolute Gasteiger partial charge is 0.480 e. The SMILES string of the molecule is CC(=O)N(CC(=O)C1CCC1)Cc1ccc(-c2ccc(CC(NC(=O)c3ccccc3Cl)C(=O)O)cc2)cc1. The van der Waals surface area contributed by atoms with E-state index in [4.69, 9.17) is 11.6 Å². The van der Waals surface area contributed by atoms with Gasteiger partial charge in [0.05, 0.1) is 17.1 Å². The Morgan fingerprint density at radius 2 is 1.51 bits per heavy atom. The minimum Gasteiger partial charge on any atom is -0.480 e. The zero-order valence-corrected chi connectivity index (χ0v) is 22.5. The number of Topliss-reactive ketones (excluding diaryl/α,β-unsaturated/α-hetero) is 1. The summed E-state index contributed by atoms with van der Waals surface area (Å²) in [6.45, 7) is 2.02. The van der Waals surface area contributed by atoms with E-state index in [9.17, 15) is 24.3 Å². The van der Waals surface area contributed by atoms with Crippen LogP contribution in [0.4, 0.5) is 0 Å². The lowest BCUT2D eigenvalue weighted by atomic mass is 9.82. The Hall–Kier alpha value is -3.97. The quantitative estimate of drug-likeness (QED) is 0.346. The van der Waals surface area contributed by atoms with Crippen molar-refractivity contribution < 1.29 is 24.3 Å². The lowest BCUT2D eigenvalue weighted by Crippen LogP contribution is -2.42. The Kier molecular flexibility index (Phi) is 9.15.